The summed E-state index contributed by atoms with van der Waals surface area (Å²) in [6.45, 7) is 4.06. The molecule has 0 spiro atoms. The summed E-state index contributed by atoms with van der Waals surface area (Å²) >= 11 is 0. The highest BCUT2D eigenvalue weighted by Crippen LogP contribution is 2.43. The fourth-order valence-electron chi connectivity index (χ4n) is 6.60. The Labute approximate surface area is 463 Å². The number of carbonyl (C=O) groups is 2. The summed E-state index contributed by atoms with van der Waals surface area (Å²) in [7, 11) is 1.40. The smallest absolute Gasteiger partial charge is 0.462 e. The van der Waals surface area contributed by atoms with Gasteiger partial charge in [-0.2, -0.15) is 0 Å². The van der Waals surface area contributed by atoms with Gasteiger partial charge in [-0.3, -0.25) is 18.6 Å². The summed E-state index contributed by atoms with van der Waals surface area (Å²) in [5.41, 5.74) is 0. The fourth-order valence-corrected chi connectivity index (χ4v) is 7.34. The van der Waals surface area contributed by atoms with Crippen LogP contribution in [0.2, 0.25) is 0 Å². The molecule has 2 unspecified atom stereocenters. The minimum Gasteiger partial charge on any atom is -0.462 e. The number of esters is 2. The minimum atomic E-state index is -4.41. The van der Waals surface area contributed by atoms with Gasteiger partial charge in [-0.05, 0) is 135 Å². The minimum absolute atomic E-state index is 0.00732. The predicted molar refractivity (Wildman–Crippen MR) is 325 cm³/mol. The van der Waals surface area contributed by atoms with Gasteiger partial charge in [0.15, 0.2) is 6.10 Å². The van der Waals surface area contributed by atoms with E-state index in [4.69, 9.17) is 18.5 Å². The quantitative estimate of drug-likeness (QED) is 0.0211. The zero-order chi connectivity index (χ0) is 55.6. The molecule has 0 aromatic heterocycles. The standard InChI is InChI=1S/C66H102NO8P/c1-6-8-10-12-14-16-18-20-21-22-23-24-25-26-27-28-29-30-31-32-33-34-35-36-37-38-39-40-41-42-43-44-45-47-49-51-53-55-57-59-66(69)75-64(63-74-76(70,71)73-61-60-67(3,4)5)62-72-65(68)58-56-54-52-50-48-46-19-17-15-13-11-9-7-2/h8-11,14-17,20-21,23-24,26-27,29-30,32-33,35-36,38-39,41-42,44-46,48-49,51,64H,6-7,12-13,18-19,22,25,28,31,34,37,40,43,47,50,52-63H2,1-5H3/p+1/b10-8-,11-9-,16-14-,17-15-,21-20-,24-23-,27-26-,30-29-,33-32-,36-35-,39-38-,42-41-,45-44-,48-46-,51-49-. The number of phosphoric acid groups is 1. The van der Waals surface area contributed by atoms with Crippen molar-refractivity contribution < 1.29 is 42.1 Å². The second-order valence-corrected chi connectivity index (χ2v) is 20.7. The number of ether oxygens (including phenoxy) is 2. The largest absolute Gasteiger partial charge is 0.472 e. The van der Waals surface area contributed by atoms with Crippen molar-refractivity contribution in [2.75, 3.05) is 47.5 Å². The van der Waals surface area contributed by atoms with Gasteiger partial charge in [0.05, 0.1) is 27.7 Å². The van der Waals surface area contributed by atoms with E-state index in [1.54, 1.807) is 0 Å². The van der Waals surface area contributed by atoms with Crippen LogP contribution in [0, 0.1) is 0 Å². The zero-order valence-corrected chi connectivity index (χ0v) is 48.8. The van der Waals surface area contributed by atoms with Gasteiger partial charge in [0.25, 0.3) is 0 Å². The number of hydrogen-bond acceptors (Lipinski definition) is 7. The highest BCUT2D eigenvalue weighted by Gasteiger charge is 2.27. The molecule has 0 saturated heterocycles. The first-order chi connectivity index (χ1) is 37.0. The van der Waals surface area contributed by atoms with Crippen molar-refractivity contribution in [3.8, 4) is 0 Å². The van der Waals surface area contributed by atoms with Crippen molar-refractivity contribution in [2.45, 2.75) is 174 Å². The molecule has 0 rings (SSSR count). The van der Waals surface area contributed by atoms with Gasteiger partial charge in [-0.1, -0.05) is 203 Å². The van der Waals surface area contributed by atoms with E-state index in [1.165, 1.54) is 0 Å². The van der Waals surface area contributed by atoms with Gasteiger partial charge in [-0.25, -0.2) is 4.57 Å². The molecule has 0 aromatic rings. The lowest BCUT2D eigenvalue weighted by Gasteiger charge is -2.24. The van der Waals surface area contributed by atoms with Crippen LogP contribution in [0.25, 0.3) is 0 Å². The van der Waals surface area contributed by atoms with Gasteiger partial charge < -0.3 is 18.9 Å². The third-order valence-electron chi connectivity index (χ3n) is 10.9. The molecule has 0 aliphatic heterocycles. The summed E-state index contributed by atoms with van der Waals surface area (Å²) in [6.07, 6.45) is 85.6. The highest BCUT2D eigenvalue weighted by atomic mass is 31.2. The number of nitrogens with zero attached hydrogens (tertiary/aromatic N) is 1. The Hall–Kier alpha value is -4.89. The van der Waals surface area contributed by atoms with E-state index in [0.29, 0.717) is 23.9 Å². The van der Waals surface area contributed by atoms with E-state index in [0.717, 1.165) is 128 Å². The fraction of sp³-hybridized carbons (Fsp3) is 0.515. The topological polar surface area (TPSA) is 108 Å². The molecule has 0 aliphatic rings. The molecule has 0 amide bonds. The van der Waals surface area contributed by atoms with Crippen LogP contribution in [0.1, 0.15) is 168 Å². The maximum absolute atomic E-state index is 12.8. The second-order valence-electron chi connectivity index (χ2n) is 19.2. The number of phosphoric ester groups is 1. The van der Waals surface area contributed by atoms with Crippen molar-refractivity contribution >= 4 is 19.8 Å². The lowest BCUT2D eigenvalue weighted by molar-refractivity contribution is -0.870. The highest BCUT2D eigenvalue weighted by molar-refractivity contribution is 7.47. The predicted octanol–water partition coefficient (Wildman–Crippen LogP) is 18.0. The Morgan fingerprint density at radius 2 is 0.711 bits per heavy atom. The van der Waals surface area contributed by atoms with Crippen LogP contribution in [0.3, 0.4) is 0 Å². The van der Waals surface area contributed by atoms with Crippen molar-refractivity contribution in [3.63, 3.8) is 0 Å². The van der Waals surface area contributed by atoms with E-state index < -0.39 is 32.5 Å². The number of rotatable bonds is 49. The molecule has 2 atom stereocenters. The summed E-state index contributed by atoms with van der Waals surface area (Å²) in [5.74, 6) is -0.904. The van der Waals surface area contributed by atoms with Crippen LogP contribution in [0.15, 0.2) is 182 Å². The van der Waals surface area contributed by atoms with Gasteiger partial charge in [-0.15, -0.1) is 0 Å². The number of hydrogen-bond donors (Lipinski definition) is 1. The van der Waals surface area contributed by atoms with Crippen LogP contribution < -0.4 is 0 Å². The van der Waals surface area contributed by atoms with E-state index in [2.05, 4.69) is 196 Å². The van der Waals surface area contributed by atoms with Crippen molar-refractivity contribution in [3.05, 3.63) is 182 Å². The van der Waals surface area contributed by atoms with Crippen molar-refractivity contribution in [1.29, 1.82) is 0 Å². The van der Waals surface area contributed by atoms with Gasteiger partial charge >= 0.3 is 19.8 Å². The van der Waals surface area contributed by atoms with Crippen LogP contribution in [-0.2, 0) is 32.7 Å². The molecule has 1 N–H and O–H groups in total. The third-order valence-corrected chi connectivity index (χ3v) is 11.9. The average molecular weight is 1070 g/mol. The molecule has 0 saturated carbocycles. The summed E-state index contributed by atoms with van der Waals surface area (Å²) in [4.78, 5) is 35.5. The summed E-state index contributed by atoms with van der Waals surface area (Å²) < 4.78 is 34.3. The molecule has 9 nitrogen and oxygen atoms in total. The Kier molecular flexibility index (Phi) is 51.4. The molecule has 0 radical (unpaired) electrons. The third kappa shape index (κ3) is 58.4. The van der Waals surface area contributed by atoms with E-state index in [9.17, 15) is 19.0 Å². The van der Waals surface area contributed by atoms with Gasteiger partial charge in [0, 0.05) is 12.8 Å². The Morgan fingerprint density at radius 3 is 1.05 bits per heavy atom. The first-order valence-electron chi connectivity index (χ1n) is 28.5. The first kappa shape index (κ1) is 71.1. The molecule has 424 valence electrons. The number of likely N-dealkylation sites (N-methyl/N-ethyl adjacent to an activating group) is 1. The number of quaternary nitrogens is 1. The monoisotopic (exact) mass is 1070 g/mol. The van der Waals surface area contributed by atoms with Gasteiger partial charge in [0.1, 0.15) is 19.8 Å². The van der Waals surface area contributed by atoms with Gasteiger partial charge in [0.2, 0.25) is 0 Å². The molecule has 76 heavy (non-hydrogen) atoms. The van der Waals surface area contributed by atoms with Crippen LogP contribution in [-0.4, -0.2) is 74.9 Å². The molecule has 0 aliphatic carbocycles. The molecule has 0 fully saturated rings. The SMILES string of the molecule is CC/C=C\C/C=C\C/C=C\C/C=C\C/C=C\C/C=C\C/C=C\C/C=C\C/C=C\C/C=C\C/C=C\C/C=C\CCCCC(=O)OC(COC(=O)CCCCC/C=C\C/C=C\C/C=C\CC)COP(=O)(O)OCC[N+](C)(C)C. The van der Waals surface area contributed by atoms with E-state index in [1.807, 2.05) is 21.1 Å². The number of carbonyl (C=O) groups excluding carboxylic acids is 2. The molecule has 10 heteroatoms. The van der Waals surface area contributed by atoms with E-state index in [-0.39, 0.29) is 26.1 Å². The normalized spacial score (nSPS) is 14.7. The van der Waals surface area contributed by atoms with Crippen LogP contribution in [0.4, 0.5) is 0 Å². The van der Waals surface area contributed by atoms with Crippen LogP contribution >= 0.6 is 7.82 Å². The van der Waals surface area contributed by atoms with Crippen molar-refractivity contribution in [1.82, 2.24) is 0 Å². The zero-order valence-electron chi connectivity index (χ0n) is 47.9. The Bertz CT molecular complexity index is 1930. The molecule has 0 heterocycles. The summed E-state index contributed by atoms with van der Waals surface area (Å²) in [5, 5.41) is 0. The average Bonchev–Trinajstić information content (AvgIpc) is 3.38. The molecule has 0 bridgehead atoms. The molecular weight excluding hydrogens is 966 g/mol. The molecule has 0 aromatic carbocycles. The Balaban J connectivity index is 4.27. The lowest BCUT2D eigenvalue weighted by atomic mass is 10.1. The maximum Gasteiger partial charge on any atom is 0.472 e. The first-order valence-corrected chi connectivity index (χ1v) is 30.0. The van der Waals surface area contributed by atoms with Crippen molar-refractivity contribution in [2.24, 2.45) is 0 Å². The Morgan fingerprint density at radius 1 is 0.408 bits per heavy atom. The number of unbranched alkanes of at least 4 members (excludes halogenated alkanes) is 5. The molecular formula is C66H103NO8P+. The lowest BCUT2D eigenvalue weighted by Crippen LogP contribution is -2.37. The summed E-state index contributed by atoms with van der Waals surface area (Å²) in [6, 6.07) is 0. The number of allylic oxidation sites excluding steroid dienone is 30. The van der Waals surface area contributed by atoms with E-state index >= 15 is 0 Å². The maximum atomic E-state index is 12.8. The van der Waals surface area contributed by atoms with Crippen LogP contribution in [0.5, 0.6) is 0 Å². The second kappa shape index (κ2) is 54.9.